The van der Waals surface area contributed by atoms with E-state index in [4.69, 9.17) is 0 Å². The zero-order valence-electron chi connectivity index (χ0n) is 13.9. The number of nitrogens with zero attached hydrogens (tertiary/aromatic N) is 3. The Bertz CT molecular complexity index is 1130. The van der Waals surface area contributed by atoms with Crippen molar-refractivity contribution < 1.29 is 8.42 Å². The molecular formula is C17H16N4O2S3. The third-order valence-electron chi connectivity index (χ3n) is 3.89. The maximum Gasteiger partial charge on any atom is 0.250 e. The monoisotopic (exact) mass is 404 g/mol. The predicted octanol–water partition coefficient (Wildman–Crippen LogP) is 3.35. The van der Waals surface area contributed by atoms with Gasteiger partial charge in [-0.3, -0.25) is 0 Å². The molecule has 1 aromatic carbocycles. The van der Waals surface area contributed by atoms with Crippen molar-refractivity contribution in [1.29, 1.82) is 0 Å². The first kappa shape index (κ1) is 17.3. The normalized spacial score (nSPS) is 12.0. The van der Waals surface area contributed by atoms with Crippen LogP contribution in [0.2, 0.25) is 0 Å². The summed E-state index contributed by atoms with van der Waals surface area (Å²) in [6.45, 7) is 2.35. The maximum atomic E-state index is 12.2. The molecular weight excluding hydrogens is 388 g/mol. The van der Waals surface area contributed by atoms with Gasteiger partial charge in [-0.15, -0.1) is 27.8 Å². The number of fused-ring (bicyclic) bond motifs is 1. The van der Waals surface area contributed by atoms with Gasteiger partial charge >= 0.3 is 0 Å². The number of hydrogen-bond acceptors (Lipinski definition) is 6. The summed E-state index contributed by atoms with van der Waals surface area (Å²) in [6, 6.07) is 11.4. The van der Waals surface area contributed by atoms with Crippen molar-refractivity contribution in [2.45, 2.75) is 17.6 Å². The van der Waals surface area contributed by atoms with Crippen molar-refractivity contribution in [3.63, 3.8) is 0 Å². The Balaban J connectivity index is 1.50. The quantitative estimate of drug-likeness (QED) is 0.535. The van der Waals surface area contributed by atoms with Gasteiger partial charge in [-0.1, -0.05) is 35.9 Å². The lowest BCUT2D eigenvalue weighted by atomic mass is 10.1. The molecule has 6 nitrogen and oxygen atoms in total. The van der Waals surface area contributed by atoms with Crippen LogP contribution in [0.25, 0.3) is 16.3 Å². The Labute approximate surface area is 159 Å². The molecule has 0 aliphatic carbocycles. The van der Waals surface area contributed by atoms with E-state index < -0.39 is 10.0 Å². The van der Waals surface area contributed by atoms with Crippen LogP contribution in [-0.2, 0) is 16.4 Å². The third kappa shape index (κ3) is 3.43. The van der Waals surface area contributed by atoms with Crippen LogP contribution in [0, 0.1) is 6.92 Å². The average Bonchev–Trinajstić information content (AvgIpc) is 3.33. The minimum atomic E-state index is -3.44. The van der Waals surface area contributed by atoms with Crippen LogP contribution in [0.5, 0.6) is 0 Å². The van der Waals surface area contributed by atoms with Crippen LogP contribution in [0.3, 0.4) is 0 Å². The van der Waals surface area contributed by atoms with Gasteiger partial charge in [-0.2, -0.15) is 4.98 Å². The van der Waals surface area contributed by atoms with E-state index in [9.17, 15) is 8.42 Å². The number of rotatable bonds is 6. The fraction of sp³-hybridized carbons (Fsp3) is 0.176. The van der Waals surface area contributed by atoms with Gasteiger partial charge in [0.2, 0.25) is 15.0 Å². The van der Waals surface area contributed by atoms with Gasteiger partial charge < -0.3 is 0 Å². The molecule has 0 atom stereocenters. The molecule has 0 radical (unpaired) electrons. The Hall–Kier alpha value is -2.07. The van der Waals surface area contributed by atoms with E-state index in [0.29, 0.717) is 23.0 Å². The van der Waals surface area contributed by atoms with Crippen molar-refractivity contribution in [1.82, 2.24) is 19.3 Å². The van der Waals surface area contributed by atoms with E-state index >= 15 is 0 Å². The van der Waals surface area contributed by atoms with E-state index in [1.54, 1.807) is 22.0 Å². The molecule has 0 amide bonds. The molecule has 0 bridgehead atoms. The highest BCUT2D eigenvalue weighted by Crippen LogP contribution is 2.21. The highest BCUT2D eigenvalue weighted by Gasteiger charge is 2.16. The number of aryl methyl sites for hydroxylation is 1. The molecule has 0 saturated heterocycles. The molecule has 0 spiro atoms. The Morgan fingerprint density at radius 1 is 1.15 bits per heavy atom. The molecule has 0 aliphatic rings. The summed E-state index contributed by atoms with van der Waals surface area (Å²) >= 11 is 2.71. The van der Waals surface area contributed by atoms with Gasteiger partial charge in [0.15, 0.2) is 5.82 Å². The largest absolute Gasteiger partial charge is 0.250 e. The standard InChI is InChI=1S/C17H16N4O2S3/c1-12-4-6-13(7-5-12)16-19-17-21(20-16)14(11-25-17)8-9-18-26(22,23)15-3-2-10-24-15/h2-7,10-11,18H,8-9H2,1H3. The fourth-order valence-electron chi connectivity index (χ4n) is 2.52. The second-order valence-electron chi connectivity index (χ2n) is 5.80. The van der Waals surface area contributed by atoms with Crippen LogP contribution >= 0.6 is 22.7 Å². The minimum Gasteiger partial charge on any atom is -0.210 e. The second kappa shape index (κ2) is 6.92. The van der Waals surface area contributed by atoms with E-state index in [1.165, 1.54) is 28.2 Å². The van der Waals surface area contributed by atoms with Crippen LogP contribution < -0.4 is 4.72 Å². The maximum absolute atomic E-state index is 12.2. The number of benzene rings is 1. The zero-order chi connectivity index (χ0) is 18.1. The number of nitrogens with one attached hydrogen (secondary N) is 1. The Kier molecular flexibility index (Phi) is 4.62. The first-order valence-electron chi connectivity index (χ1n) is 7.96. The number of aromatic nitrogens is 3. The number of thiophene rings is 1. The van der Waals surface area contributed by atoms with E-state index in [2.05, 4.69) is 14.8 Å². The summed E-state index contributed by atoms with van der Waals surface area (Å²) in [7, 11) is -3.44. The van der Waals surface area contributed by atoms with E-state index in [0.717, 1.165) is 16.2 Å². The molecule has 0 unspecified atom stereocenters. The Morgan fingerprint density at radius 3 is 2.69 bits per heavy atom. The molecule has 0 aliphatic heterocycles. The molecule has 4 rings (SSSR count). The fourth-order valence-corrected chi connectivity index (χ4v) is 5.45. The summed E-state index contributed by atoms with van der Waals surface area (Å²) in [4.78, 5) is 5.37. The molecule has 9 heteroatoms. The molecule has 1 N–H and O–H groups in total. The molecule has 26 heavy (non-hydrogen) atoms. The van der Waals surface area contributed by atoms with Crippen molar-refractivity contribution in [2.75, 3.05) is 6.54 Å². The third-order valence-corrected chi connectivity index (χ3v) is 7.62. The summed E-state index contributed by atoms with van der Waals surface area (Å²) in [5.74, 6) is 0.678. The van der Waals surface area contributed by atoms with Gasteiger partial charge in [0.1, 0.15) is 4.21 Å². The lowest BCUT2D eigenvalue weighted by Crippen LogP contribution is -2.25. The summed E-state index contributed by atoms with van der Waals surface area (Å²) in [5, 5.41) is 8.29. The SMILES string of the molecule is Cc1ccc(-c2nc3scc(CCNS(=O)(=O)c4cccs4)n3n2)cc1. The van der Waals surface area contributed by atoms with Gasteiger partial charge in [0, 0.05) is 23.9 Å². The molecule has 134 valence electrons. The lowest BCUT2D eigenvalue weighted by Gasteiger charge is -2.03. The predicted molar refractivity (Wildman–Crippen MR) is 104 cm³/mol. The number of sulfonamides is 1. The highest BCUT2D eigenvalue weighted by atomic mass is 32.2. The summed E-state index contributed by atoms with van der Waals surface area (Å²) < 4.78 is 29.1. The molecule has 0 saturated carbocycles. The smallest absolute Gasteiger partial charge is 0.210 e. The van der Waals surface area contributed by atoms with Crippen molar-refractivity contribution in [2.24, 2.45) is 0 Å². The second-order valence-corrected chi connectivity index (χ2v) is 9.58. The minimum absolute atomic E-state index is 0.311. The van der Waals surface area contributed by atoms with Gasteiger partial charge in [-0.25, -0.2) is 17.7 Å². The lowest BCUT2D eigenvalue weighted by molar-refractivity contribution is 0.583. The van der Waals surface area contributed by atoms with Crippen molar-refractivity contribution in [3.05, 3.63) is 58.4 Å². The van der Waals surface area contributed by atoms with Crippen LogP contribution in [0.1, 0.15) is 11.3 Å². The highest BCUT2D eigenvalue weighted by molar-refractivity contribution is 7.91. The topological polar surface area (TPSA) is 76.4 Å². The summed E-state index contributed by atoms with van der Waals surface area (Å²) in [6.07, 6.45) is 0.543. The van der Waals surface area contributed by atoms with Crippen LogP contribution in [0.15, 0.2) is 51.4 Å². The average molecular weight is 405 g/mol. The van der Waals surface area contributed by atoms with E-state index in [1.807, 2.05) is 36.6 Å². The zero-order valence-corrected chi connectivity index (χ0v) is 16.4. The number of hydrogen-bond donors (Lipinski definition) is 1. The molecule has 3 heterocycles. The summed E-state index contributed by atoms with van der Waals surface area (Å²) in [5.41, 5.74) is 3.09. The van der Waals surface area contributed by atoms with Gasteiger partial charge in [-0.05, 0) is 18.4 Å². The van der Waals surface area contributed by atoms with Gasteiger partial charge in [0.25, 0.3) is 0 Å². The van der Waals surface area contributed by atoms with Gasteiger partial charge in [0.05, 0.1) is 5.69 Å². The van der Waals surface area contributed by atoms with Crippen molar-refractivity contribution in [3.8, 4) is 11.4 Å². The van der Waals surface area contributed by atoms with Crippen molar-refractivity contribution >= 4 is 37.7 Å². The first-order valence-corrected chi connectivity index (χ1v) is 11.2. The number of thiazole rings is 1. The van der Waals surface area contributed by atoms with Crippen LogP contribution in [-0.4, -0.2) is 29.6 Å². The van der Waals surface area contributed by atoms with Crippen LogP contribution in [0.4, 0.5) is 0 Å². The molecule has 0 fully saturated rings. The molecule has 3 aromatic heterocycles. The molecule has 4 aromatic rings. The Morgan fingerprint density at radius 2 is 1.96 bits per heavy atom. The first-order chi connectivity index (χ1) is 12.5. The van der Waals surface area contributed by atoms with E-state index in [-0.39, 0.29) is 0 Å².